The molecule has 19 heavy (non-hydrogen) atoms. The van der Waals surface area contributed by atoms with E-state index in [4.69, 9.17) is 5.73 Å². The van der Waals surface area contributed by atoms with Crippen LogP contribution in [0.5, 0.6) is 0 Å². The van der Waals surface area contributed by atoms with Crippen LogP contribution in [0.25, 0.3) is 0 Å². The molecule has 0 bridgehead atoms. The van der Waals surface area contributed by atoms with Gasteiger partial charge in [-0.15, -0.1) is 0 Å². The fourth-order valence-corrected chi connectivity index (χ4v) is 3.02. The summed E-state index contributed by atoms with van der Waals surface area (Å²) >= 11 is 0. The van der Waals surface area contributed by atoms with Gasteiger partial charge in [-0.1, -0.05) is 26.2 Å². The van der Waals surface area contributed by atoms with Crippen LogP contribution in [0.1, 0.15) is 45.4 Å². The third kappa shape index (κ3) is 3.47. The van der Waals surface area contributed by atoms with Crippen LogP contribution in [0.3, 0.4) is 0 Å². The van der Waals surface area contributed by atoms with E-state index in [9.17, 15) is 9.59 Å². The Bertz CT molecular complexity index is 340. The molecule has 2 aliphatic rings. The number of carbonyl (C=O) groups is 2. The average molecular weight is 267 g/mol. The predicted octanol–water partition coefficient (Wildman–Crippen LogP) is 0.631. The van der Waals surface area contributed by atoms with Gasteiger partial charge in [-0.3, -0.25) is 9.59 Å². The molecule has 0 radical (unpaired) electrons. The van der Waals surface area contributed by atoms with E-state index >= 15 is 0 Å². The van der Waals surface area contributed by atoms with Crippen LogP contribution in [0, 0.1) is 5.92 Å². The van der Waals surface area contributed by atoms with Gasteiger partial charge in [-0.2, -0.15) is 0 Å². The second-order valence-electron chi connectivity index (χ2n) is 5.88. The third-order valence-electron chi connectivity index (χ3n) is 4.32. The monoisotopic (exact) mass is 267 g/mol. The topological polar surface area (TPSA) is 75.4 Å². The van der Waals surface area contributed by atoms with E-state index < -0.39 is 0 Å². The van der Waals surface area contributed by atoms with Crippen molar-refractivity contribution in [3.8, 4) is 0 Å². The molecule has 0 aromatic heterocycles. The van der Waals surface area contributed by atoms with Gasteiger partial charge in [0.15, 0.2) is 0 Å². The molecule has 2 fully saturated rings. The molecule has 1 aliphatic heterocycles. The van der Waals surface area contributed by atoms with Crippen molar-refractivity contribution in [2.75, 3.05) is 13.1 Å². The molecule has 1 aliphatic carbocycles. The Labute approximate surface area is 114 Å². The molecule has 2 atom stereocenters. The summed E-state index contributed by atoms with van der Waals surface area (Å²) in [5.41, 5.74) is 5.48. The number of nitrogens with zero attached hydrogens (tertiary/aromatic N) is 1. The minimum atomic E-state index is -0.182. The number of likely N-dealkylation sites (tertiary alicyclic amines) is 1. The zero-order valence-electron chi connectivity index (χ0n) is 11.7. The largest absolute Gasteiger partial charge is 0.351 e. The average Bonchev–Trinajstić information content (AvgIpc) is 2.79. The SMILES string of the molecule is CC(CN)C(=O)NC1CC(=O)N(C2CCCCC2)C1. The lowest BCUT2D eigenvalue weighted by molar-refractivity contribution is -0.130. The molecule has 0 spiro atoms. The van der Waals surface area contributed by atoms with E-state index in [0.29, 0.717) is 25.6 Å². The summed E-state index contributed by atoms with van der Waals surface area (Å²) < 4.78 is 0. The minimum absolute atomic E-state index is 0.0315. The van der Waals surface area contributed by atoms with Crippen LogP contribution in [0.4, 0.5) is 0 Å². The predicted molar refractivity (Wildman–Crippen MR) is 73.4 cm³/mol. The summed E-state index contributed by atoms with van der Waals surface area (Å²) in [7, 11) is 0. The van der Waals surface area contributed by atoms with Gasteiger partial charge in [-0.05, 0) is 12.8 Å². The van der Waals surface area contributed by atoms with Crippen molar-refractivity contribution < 1.29 is 9.59 Å². The molecule has 1 saturated heterocycles. The van der Waals surface area contributed by atoms with E-state index in [1.54, 1.807) is 0 Å². The number of amides is 2. The Kier molecular flexibility index (Phi) is 4.80. The summed E-state index contributed by atoms with van der Waals surface area (Å²) in [5, 5.41) is 2.95. The maximum absolute atomic E-state index is 12.1. The number of hydrogen-bond acceptors (Lipinski definition) is 3. The van der Waals surface area contributed by atoms with Crippen molar-refractivity contribution in [3.63, 3.8) is 0 Å². The van der Waals surface area contributed by atoms with E-state index in [1.165, 1.54) is 19.3 Å². The Hall–Kier alpha value is -1.10. The fraction of sp³-hybridized carbons (Fsp3) is 0.857. The van der Waals surface area contributed by atoms with Gasteiger partial charge in [0, 0.05) is 31.5 Å². The molecule has 0 aromatic rings. The lowest BCUT2D eigenvalue weighted by Crippen LogP contribution is -2.43. The van der Waals surface area contributed by atoms with Gasteiger partial charge in [0.1, 0.15) is 0 Å². The quantitative estimate of drug-likeness (QED) is 0.784. The Balaban J connectivity index is 1.86. The molecule has 2 amide bonds. The first-order valence-corrected chi connectivity index (χ1v) is 7.41. The van der Waals surface area contributed by atoms with Crippen LogP contribution < -0.4 is 11.1 Å². The highest BCUT2D eigenvalue weighted by Gasteiger charge is 2.35. The van der Waals surface area contributed by atoms with E-state index in [0.717, 1.165) is 12.8 Å². The molecule has 1 heterocycles. The first-order valence-electron chi connectivity index (χ1n) is 7.41. The molecule has 2 rings (SSSR count). The normalized spacial score (nSPS) is 26.5. The Morgan fingerprint density at radius 1 is 1.42 bits per heavy atom. The minimum Gasteiger partial charge on any atom is -0.351 e. The van der Waals surface area contributed by atoms with Crippen LogP contribution in [0.2, 0.25) is 0 Å². The Morgan fingerprint density at radius 3 is 2.74 bits per heavy atom. The lowest BCUT2D eigenvalue weighted by atomic mass is 9.94. The zero-order valence-corrected chi connectivity index (χ0v) is 11.7. The highest BCUT2D eigenvalue weighted by Crippen LogP contribution is 2.26. The standard InChI is InChI=1S/C14H25N3O2/c1-10(8-15)14(19)16-11-7-13(18)17(9-11)12-5-3-2-4-6-12/h10-12H,2-9,15H2,1H3,(H,16,19). The van der Waals surface area contributed by atoms with Gasteiger partial charge >= 0.3 is 0 Å². The van der Waals surface area contributed by atoms with Crippen LogP contribution in [0.15, 0.2) is 0 Å². The van der Waals surface area contributed by atoms with Crippen molar-refractivity contribution in [1.29, 1.82) is 0 Å². The molecule has 5 heteroatoms. The second-order valence-corrected chi connectivity index (χ2v) is 5.88. The zero-order chi connectivity index (χ0) is 13.8. The van der Waals surface area contributed by atoms with Gasteiger partial charge < -0.3 is 16.0 Å². The van der Waals surface area contributed by atoms with E-state index in [2.05, 4.69) is 5.32 Å². The smallest absolute Gasteiger partial charge is 0.225 e. The number of nitrogens with two attached hydrogens (primary N) is 1. The molecule has 108 valence electrons. The van der Waals surface area contributed by atoms with Crippen LogP contribution >= 0.6 is 0 Å². The van der Waals surface area contributed by atoms with Gasteiger partial charge in [0.05, 0.1) is 6.04 Å². The molecule has 0 aromatic carbocycles. The molecule has 1 saturated carbocycles. The first kappa shape index (κ1) is 14.3. The highest BCUT2D eigenvalue weighted by molar-refractivity contribution is 5.83. The molecular formula is C14H25N3O2. The summed E-state index contributed by atoms with van der Waals surface area (Å²) in [5.74, 6) is -0.0257. The van der Waals surface area contributed by atoms with Crippen molar-refractivity contribution >= 4 is 11.8 Å². The maximum Gasteiger partial charge on any atom is 0.225 e. The van der Waals surface area contributed by atoms with Crippen molar-refractivity contribution in [1.82, 2.24) is 10.2 Å². The Morgan fingerprint density at radius 2 is 2.11 bits per heavy atom. The summed E-state index contributed by atoms with van der Waals surface area (Å²) in [6.07, 6.45) is 6.40. The molecular weight excluding hydrogens is 242 g/mol. The van der Waals surface area contributed by atoms with Gasteiger partial charge in [0.25, 0.3) is 0 Å². The number of hydrogen-bond donors (Lipinski definition) is 2. The van der Waals surface area contributed by atoms with Gasteiger partial charge in [0.2, 0.25) is 11.8 Å². The summed E-state index contributed by atoms with van der Waals surface area (Å²) in [6, 6.07) is 0.367. The van der Waals surface area contributed by atoms with Crippen molar-refractivity contribution in [3.05, 3.63) is 0 Å². The fourth-order valence-electron chi connectivity index (χ4n) is 3.02. The van der Waals surface area contributed by atoms with E-state index in [1.807, 2.05) is 11.8 Å². The van der Waals surface area contributed by atoms with Crippen LogP contribution in [-0.2, 0) is 9.59 Å². The van der Waals surface area contributed by atoms with Crippen LogP contribution in [-0.4, -0.2) is 41.9 Å². The van der Waals surface area contributed by atoms with Crippen molar-refractivity contribution in [2.24, 2.45) is 11.7 Å². The summed E-state index contributed by atoms with van der Waals surface area (Å²) in [4.78, 5) is 25.8. The van der Waals surface area contributed by atoms with E-state index in [-0.39, 0.29) is 23.8 Å². The first-order chi connectivity index (χ1) is 9.11. The summed E-state index contributed by atoms with van der Waals surface area (Å²) in [6.45, 7) is 2.83. The second kappa shape index (κ2) is 6.37. The lowest BCUT2D eigenvalue weighted by Gasteiger charge is -2.31. The maximum atomic E-state index is 12.1. The highest BCUT2D eigenvalue weighted by atomic mass is 16.2. The van der Waals surface area contributed by atoms with Gasteiger partial charge in [-0.25, -0.2) is 0 Å². The molecule has 2 unspecified atom stereocenters. The van der Waals surface area contributed by atoms with Crippen molar-refractivity contribution in [2.45, 2.75) is 57.5 Å². The number of rotatable bonds is 4. The third-order valence-corrected chi connectivity index (χ3v) is 4.32. The molecule has 3 N–H and O–H groups in total. The molecule has 5 nitrogen and oxygen atoms in total. The number of nitrogens with one attached hydrogen (secondary N) is 1. The number of carbonyl (C=O) groups excluding carboxylic acids is 2.